The SMILES string of the molecule is C=CCN(C)CCCCOC1CCC(N(C)S(=O)(=O)c2ccccc2F)CC1. The maximum atomic E-state index is 13.9. The average Bonchev–Trinajstić information content (AvgIpc) is 2.68. The second-order valence-electron chi connectivity index (χ2n) is 7.51. The minimum atomic E-state index is -3.82. The average molecular weight is 413 g/mol. The van der Waals surface area contributed by atoms with Gasteiger partial charge in [-0.3, -0.25) is 0 Å². The van der Waals surface area contributed by atoms with Crippen molar-refractivity contribution in [3.05, 3.63) is 42.7 Å². The van der Waals surface area contributed by atoms with Gasteiger partial charge in [-0.2, -0.15) is 4.31 Å². The van der Waals surface area contributed by atoms with Crippen LogP contribution in [-0.4, -0.2) is 63.6 Å². The molecule has 0 saturated heterocycles. The highest BCUT2D eigenvalue weighted by molar-refractivity contribution is 7.89. The zero-order chi connectivity index (χ0) is 20.6. The summed E-state index contributed by atoms with van der Waals surface area (Å²) in [5.41, 5.74) is 0. The van der Waals surface area contributed by atoms with Crippen LogP contribution < -0.4 is 0 Å². The summed E-state index contributed by atoms with van der Waals surface area (Å²) in [6, 6.07) is 5.43. The van der Waals surface area contributed by atoms with Gasteiger partial charge in [-0.1, -0.05) is 18.2 Å². The maximum Gasteiger partial charge on any atom is 0.245 e. The molecule has 1 aliphatic rings. The number of likely N-dealkylation sites (N-methyl/N-ethyl adjacent to an activating group) is 1. The number of nitrogens with zero attached hydrogens (tertiary/aromatic N) is 2. The molecule has 0 unspecified atom stereocenters. The Morgan fingerprint density at radius 3 is 2.50 bits per heavy atom. The molecular formula is C21H33FN2O3S. The van der Waals surface area contributed by atoms with E-state index in [9.17, 15) is 12.8 Å². The molecule has 1 aromatic carbocycles. The first kappa shape index (κ1) is 23.0. The third kappa shape index (κ3) is 6.37. The summed E-state index contributed by atoms with van der Waals surface area (Å²) in [6.07, 6.45) is 7.32. The first-order valence-corrected chi connectivity index (χ1v) is 11.4. The summed E-state index contributed by atoms with van der Waals surface area (Å²) < 4.78 is 46.7. The van der Waals surface area contributed by atoms with E-state index in [2.05, 4.69) is 18.5 Å². The fourth-order valence-electron chi connectivity index (χ4n) is 3.63. The van der Waals surface area contributed by atoms with Crippen LogP contribution >= 0.6 is 0 Å². The molecule has 0 amide bonds. The molecule has 2 rings (SSSR count). The van der Waals surface area contributed by atoms with Gasteiger partial charge in [0.2, 0.25) is 10.0 Å². The zero-order valence-corrected chi connectivity index (χ0v) is 17.8. The van der Waals surface area contributed by atoms with Gasteiger partial charge in [-0.25, -0.2) is 12.8 Å². The van der Waals surface area contributed by atoms with E-state index in [1.54, 1.807) is 13.1 Å². The fourth-order valence-corrected chi connectivity index (χ4v) is 5.10. The number of halogens is 1. The number of sulfonamides is 1. The van der Waals surface area contributed by atoms with Gasteiger partial charge in [0.15, 0.2) is 0 Å². The lowest BCUT2D eigenvalue weighted by Crippen LogP contribution is -2.41. The molecule has 0 aliphatic heterocycles. The number of hydrogen-bond acceptors (Lipinski definition) is 4. The summed E-state index contributed by atoms with van der Waals surface area (Å²) in [6.45, 7) is 6.40. The molecule has 1 aromatic rings. The minimum absolute atomic E-state index is 0.114. The van der Waals surface area contributed by atoms with Crippen LogP contribution in [0.5, 0.6) is 0 Å². The molecular weight excluding hydrogens is 379 g/mol. The highest BCUT2D eigenvalue weighted by atomic mass is 32.2. The summed E-state index contributed by atoms with van der Waals surface area (Å²) in [5.74, 6) is -0.704. The largest absolute Gasteiger partial charge is 0.378 e. The Morgan fingerprint density at radius 1 is 1.18 bits per heavy atom. The molecule has 0 spiro atoms. The predicted molar refractivity (Wildman–Crippen MR) is 110 cm³/mol. The lowest BCUT2D eigenvalue weighted by molar-refractivity contribution is 0.0153. The topological polar surface area (TPSA) is 49.9 Å². The molecule has 5 nitrogen and oxygen atoms in total. The molecule has 7 heteroatoms. The van der Waals surface area contributed by atoms with Crippen molar-refractivity contribution >= 4 is 10.0 Å². The van der Waals surface area contributed by atoms with Gasteiger partial charge in [-0.15, -0.1) is 6.58 Å². The highest BCUT2D eigenvalue weighted by Gasteiger charge is 2.33. The lowest BCUT2D eigenvalue weighted by atomic mass is 9.93. The van der Waals surface area contributed by atoms with Crippen molar-refractivity contribution in [2.75, 3.05) is 33.8 Å². The van der Waals surface area contributed by atoms with Gasteiger partial charge in [-0.05, 0) is 64.3 Å². The Bertz CT molecular complexity index is 718. The molecule has 1 saturated carbocycles. The molecule has 0 bridgehead atoms. The van der Waals surface area contributed by atoms with E-state index in [1.165, 1.54) is 22.5 Å². The summed E-state index contributed by atoms with van der Waals surface area (Å²) in [7, 11) is -0.190. The number of hydrogen-bond donors (Lipinski definition) is 0. The highest BCUT2D eigenvalue weighted by Crippen LogP contribution is 2.29. The van der Waals surface area contributed by atoms with Crippen LogP contribution in [0.1, 0.15) is 38.5 Å². The van der Waals surface area contributed by atoms with E-state index in [1.807, 2.05) is 6.08 Å². The third-order valence-corrected chi connectivity index (χ3v) is 7.32. The molecule has 158 valence electrons. The van der Waals surface area contributed by atoms with Crippen molar-refractivity contribution in [1.29, 1.82) is 0 Å². The number of benzene rings is 1. The first-order chi connectivity index (χ1) is 13.4. The Labute approximate surface area is 169 Å². The van der Waals surface area contributed by atoms with Gasteiger partial charge in [0.05, 0.1) is 6.10 Å². The molecule has 28 heavy (non-hydrogen) atoms. The molecule has 1 aliphatic carbocycles. The second kappa shape index (κ2) is 11.0. The van der Waals surface area contributed by atoms with Crippen LogP contribution in [0.2, 0.25) is 0 Å². The van der Waals surface area contributed by atoms with E-state index in [-0.39, 0.29) is 17.0 Å². The van der Waals surface area contributed by atoms with Crippen molar-refractivity contribution < 1.29 is 17.5 Å². The van der Waals surface area contributed by atoms with Gasteiger partial charge < -0.3 is 9.64 Å². The van der Waals surface area contributed by atoms with E-state index < -0.39 is 15.8 Å². The molecule has 0 N–H and O–H groups in total. The Kier molecular flexibility index (Phi) is 9.08. The van der Waals surface area contributed by atoms with Crippen molar-refractivity contribution in [1.82, 2.24) is 9.21 Å². The van der Waals surface area contributed by atoms with E-state index >= 15 is 0 Å². The third-order valence-electron chi connectivity index (χ3n) is 5.38. The van der Waals surface area contributed by atoms with Crippen molar-refractivity contribution in [3.63, 3.8) is 0 Å². The van der Waals surface area contributed by atoms with Gasteiger partial charge >= 0.3 is 0 Å². The standard InChI is InChI=1S/C21H33FN2O3S/c1-4-15-23(2)16-7-8-17-27-19-13-11-18(12-14-19)24(3)28(25,26)21-10-6-5-9-20(21)22/h4-6,9-10,18-19H,1,7-8,11-17H2,2-3H3. The normalized spacial score (nSPS) is 20.6. The summed E-state index contributed by atoms with van der Waals surface area (Å²) in [4.78, 5) is 1.97. The predicted octanol–water partition coefficient (Wildman–Crippen LogP) is 3.67. The first-order valence-electron chi connectivity index (χ1n) is 10.00. The number of rotatable bonds is 11. The summed E-state index contributed by atoms with van der Waals surface area (Å²) >= 11 is 0. The maximum absolute atomic E-state index is 13.9. The minimum Gasteiger partial charge on any atom is -0.378 e. The van der Waals surface area contributed by atoms with Gasteiger partial charge in [0.1, 0.15) is 10.7 Å². The smallest absolute Gasteiger partial charge is 0.245 e. The van der Waals surface area contributed by atoms with Crippen LogP contribution in [0.15, 0.2) is 41.8 Å². The monoisotopic (exact) mass is 412 g/mol. The van der Waals surface area contributed by atoms with Crippen LogP contribution in [0, 0.1) is 5.82 Å². The molecule has 0 heterocycles. The van der Waals surface area contributed by atoms with Crippen LogP contribution in [0.3, 0.4) is 0 Å². The quantitative estimate of drug-likeness (QED) is 0.411. The van der Waals surface area contributed by atoms with Crippen molar-refractivity contribution in [2.24, 2.45) is 0 Å². The lowest BCUT2D eigenvalue weighted by Gasteiger charge is -2.34. The van der Waals surface area contributed by atoms with Crippen molar-refractivity contribution in [2.45, 2.75) is 55.6 Å². The van der Waals surface area contributed by atoms with E-state index in [0.29, 0.717) is 0 Å². The number of unbranched alkanes of at least 4 members (excludes halogenated alkanes) is 1. The molecule has 0 radical (unpaired) electrons. The van der Waals surface area contributed by atoms with E-state index in [4.69, 9.17) is 4.74 Å². The fraction of sp³-hybridized carbons (Fsp3) is 0.619. The Balaban J connectivity index is 1.74. The molecule has 1 fully saturated rings. The van der Waals surface area contributed by atoms with Crippen LogP contribution in [0.4, 0.5) is 4.39 Å². The van der Waals surface area contributed by atoms with E-state index in [0.717, 1.165) is 58.2 Å². The molecule has 0 atom stereocenters. The van der Waals surface area contributed by atoms with Gasteiger partial charge in [0, 0.05) is 26.2 Å². The molecule has 0 aromatic heterocycles. The summed E-state index contributed by atoms with van der Waals surface area (Å²) in [5, 5.41) is 0. The number of ether oxygens (including phenoxy) is 1. The zero-order valence-electron chi connectivity index (χ0n) is 17.0. The van der Waals surface area contributed by atoms with Gasteiger partial charge in [0.25, 0.3) is 0 Å². The Morgan fingerprint density at radius 2 is 1.86 bits per heavy atom. The Hall–Kier alpha value is -1.28. The van der Waals surface area contributed by atoms with Crippen molar-refractivity contribution in [3.8, 4) is 0 Å². The van der Waals surface area contributed by atoms with Crippen LogP contribution in [0.25, 0.3) is 0 Å². The second-order valence-corrected chi connectivity index (χ2v) is 9.48. The van der Waals surface area contributed by atoms with Crippen LogP contribution in [-0.2, 0) is 14.8 Å².